The molecular formula is C15H15ClFN. The molecule has 2 aromatic carbocycles. The SMILES string of the molecule is CCc1ccccc1NCc1ccc(F)c(Cl)c1. The molecule has 94 valence electrons. The largest absolute Gasteiger partial charge is 0.381 e. The first-order valence-corrected chi connectivity index (χ1v) is 6.34. The molecule has 1 N–H and O–H groups in total. The smallest absolute Gasteiger partial charge is 0.141 e. The minimum Gasteiger partial charge on any atom is -0.381 e. The van der Waals surface area contributed by atoms with Crippen LogP contribution in [0.4, 0.5) is 10.1 Å². The van der Waals surface area contributed by atoms with E-state index in [4.69, 9.17) is 11.6 Å². The molecule has 0 spiro atoms. The lowest BCUT2D eigenvalue weighted by Gasteiger charge is -2.11. The van der Waals surface area contributed by atoms with E-state index in [1.54, 1.807) is 12.1 Å². The molecule has 3 heteroatoms. The Bertz CT molecular complexity index is 540. The third-order valence-electron chi connectivity index (χ3n) is 2.87. The molecule has 0 saturated heterocycles. The Morgan fingerprint density at radius 2 is 1.94 bits per heavy atom. The summed E-state index contributed by atoms with van der Waals surface area (Å²) in [5, 5.41) is 3.51. The van der Waals surface area contributed by atoms with Crippen molar-refractivity contribution in [2.75, 3.05) is 5.32 Å². The molecule has 0 heterocycles. The van der Waals surface area contributed by atoms with E-state index in [-0.39, 0.29) is 10.8 Å². The van der Waals surface area contributed by atoms with Gasteiger partial charge in [-0.1, -0.05) is 42.8 Å². The van der Waals surface area contributed by atoms with Crippen LogP contribution in [0.1, 0.15) is 18.1 Å². The maximum Gasteiger partial charge on any atom is 0.141 e. The summed E-state index contributed by atoms with van der Waals surface area (Å²) in [4.78, 5) is 0. The number of halogens is 2. The van der Waals surface area contributed by atoms with Gasteiger partial charge in [0.1, 0.15) is 5.82 Å². The lowest BCUT2D eigenvalue weighted by Crippen LogP contribution is -2.02. The summed E-state index contributed by atoms with van der Waals surface area (Å²) in [5.41, 5.74) is 3.35. The molecule has 0 saturated carbocycles. The summed E-state index contributed by atoms with van der Waals surface area (Å²) in [7, 11) is 0. The van der Waals surface area contributed by atoms with Gasteiger partial charge in [0, 0.05) is 12.2 Å². The number of benzene rings is 2. The highest BCUT2D eigenvalue weighted by Gasteiger charge is 2.02. The zero-order valence-corrected chi connectivity index (χ0v) is 11.0. The number of hydrogen-bond acceptors (Lipinski definition) is 1. The van der Waals surface area contributed by atoms with Crippen LogP contribution < -0.4 is 5.32 Å². The van der Waals surface area contributed by atoms with Gasteiger partial charge in [-0.05, 0) is 35.7 Å². The van der Waals surface area contributed by atoms with E-state index in [1.807, 2.05) is 18.2 Å². The molecule has 0 aliphatic carbocycles. The summed E-state index contributed by atoms with van der Waals surface area (Å²) in [6, 6.07) is 13.0. The first kappa shape index (κ1) is 12.9. The van der Waals surface area contributed by atoms with E-state index in [1.165, 1.54) is 11.6 Å². The molecule has 1 nitrogen and oxygen atoms in total. The van der Waals surface area contributed by atoms with E-state index in [2.05, 4.69) is 18.3 Å². The molecule has 0 aliphatic heterocycles. The third-order valence-corrected chi connectivity index (χ3v) is 3.15. The molecule has 0 atom stereocenters. The highest BCUT2D eigenvalue weighted by Crippen LogP contribution is 2.19. The fourth-order valence-electron chi connectivity index (χ4n) is 1.85. The van der Waals surface area contributed by atoms with Gasteiger partial charge in [0.15, 0.2) is 0 Å². The summed E-state index contributed by atoms with van der Waals surface area (Å²) in [6.07, 6.45) is 0.980. The van der Waals surface area contributed by atoms with Gasteiger partial charge in [0.25, 0.3) is 0 Å². The normalized spacial score (nSPS) is 10.4. The van der Waals surface area contributed by atoms with Gasteiger partial charge in [0.2, 0.25) is 0 Å². The van der Waals surface area contributed by atoms with Crippen molar-refractivity contribution >= 4 is 17.3 Å². The maximum absolute atomic E-state index is 13.0. The second kappa shape index (κ2) is 5.87. The van der Waals surface area contributed by atoms with Crippen LogP contribution >= 0.6 is 11.6 Å². The van der Waals surface area contributed by atoms with Crippen LogP contribution in [0.3, 0.4) is 0 Å². The van der Waals surface area contributed by atoms with Gasteiger partial charge < -0.3 is 5.32 Å². The Morgan fingerprint density at radius 1 is 1.17 bits per heavy atom. The first-order valence-electron chi connectivity index (χ1n) is 5.96. The molecule has 2 rings (SSSR count). The molecule has 2 aromatic rings. The molecular weight excluding hydrogens is 249 g/mol. The molecule has 0 aromatic heterocycles. The van der Waals surface area contributed by atoms with Crippen LogP contribution in [-0.4, -0.2) is 0 Å². The number of para-hydroxylation sites is 1. The summed E-state index contributed by atoms with van der Waals surface area (Å²) >= 11 is 5.75. The number of rotatable bonds is 4. The van der Waals surface area contributed by atoms with E-state index < -0.39 is 0 Å². The van der Waals surface area contributed by atoms with Crippen LogP contribution in [0.15, 0.2) is 42.5 Å². The lowest BCUT2D eigenvalue weighted by molar-refractivity contribution is 0.627. The Hall–Kier alpha value is -1.54. The highest BCUT2D eigenvalue weighted by atomic mass is 35.5. The fourth-order valence-corrected chi connectivity index (χ4v) is 2.05. The molecule has 0 aliphatic rings. The number of aryl methyl sites for hydroxylation is 1. The number of nitrogens with one attached hydrogen (secondary N) is 1. The zero-order chi connectivity index (χ0) is 13.0. The molecule has 0 unspecified atom stereocenters. The van der Waals surface area contributed by atoms with Crippen LogP contribution in [0.5, 0.6) is 0 Å². The Balaban J connectivity index is 2.09. The van der Waals surface area contributed by atoms with E-state index in [9.17, 15) is 4.39 Å². The van der Waals surface area contributed by atoms with Crippen molar-refractivity contribution in [2.45, 2.75) is 19.9 Å². The van der Waals surface area contributed by atoms with E-state index in [0.717, 1.165) is 17.7 Å². The average molecular weight is 264 g/mol. The Morgan fingerprint density at radius 3 is 2.67 bits per heavy atom. The Kier molecular flexibility index (Phi) is 4.21. The molecule has 0 radical (unpaired) electrons. The third kappa shape index (κ3) is 3.02. The standard InChI is InChI=1S/C15H15ClFN/c1-2-12-5-3-4-6-15(12)18-10-11-7-8-14(17)13(16)9-11/h3-9,18H,2,10H2,1H3. The van der Waals surface area contributed by atoms with Crippen molar-refractivity contribution in [3.8, 4) is 0 Å². The van der Waals surface area contributed by atoms with Crippen LogP contribution in [0, 0.1) is 5.82 Å². The molecule has 0 fully saturated rings. The second-order valence-corrected chi connectivity index (χ2v) is 4.52. The van der Waals surface area contributed by atoms with Crippen LogP contribution in [-0.2, 0) is 13.0 Å². The van der Waals surface area contributed by atoms with Crippen molar-refractivity contribution in [3.05, 3.63) is 64.4 Å². The van der Waals surface area contributed by atoms with Gasteiger partial charge in [-0.15, -0.1) is 0 Å². The van der Waals surface area contributed by atoms with Crippen LogP contribution in [0.2, 0.25) is 5.02 Å². The van der Waals surface area contributed by atoms with Gasteiger partial charge >= 0.3 is 0 Å². The van der Waals surface area contributed by atoms with Gasteiger partial charge in [-0.2, -0.15) is 0 Å². The van der Waals surface area contributed by atoms with Crippen molar-refractivity contribution < 1.29 is 4.39 Å². The van der Waals surface area contributed by atoms with Crippen molar-refractivity contribution in [1.29, 1.82) is 0 Å². The zero-order valence-electron chi connectivity index (χ0n) is 10.2. The average Bonchev–Trinajstić information content (AvgIpc) is 2.40. The summed E-state index contributed by atoms with van der Waals surface area (Å²) in [5.74, 6) is -0.380. The summed E-state index contributed by atoms with van der Waals surface area (Å²) in [6.45, 7) is 2.76. The van der Waals surface area contributed by atoms with Gasteiger partial charge in [0.05, 0.1) is 5.02 Å². The van der Waals surface area contributed by atoms with Gasteiger partial charge in [-0.25, -0.2) is 4.39 Å². The minimum atomic E-state index is -0.380. The monoisotopic (exact) mass is 263 g/mol. The van der Waals surface area contributed by atoms with Crippen molar-refractivity contribution in [1.82, 2.24) is 0 Å². The summed E-state index contributed by atoms with van der Waals surface area (Å²) < 4.78 is 13.0. The minimum absolute atomic E-state index is 0.165. The predicted molar refractivity (Wildman–Crippen MR) is 74.6 cm³/mol. The Labute approximate surface area is 112 Å². The van der Waals surface area contributed by atoms with E-state index in [0.29, 0.717) is 6.54 Å². The predicted octanol–water partition coefficient (Wildman–Crippen LogP) is 4.65. The topological polar surface area (TPSA) is 12.0 Å². The first-order chi connectivity index (χ1) is 8.70. The number of anilines is 1. The van der Waals surface area contributed by atoms with Gasteiger partial charge in [-0.3, -0.25) is 0 Å². The van der Waals surface area contributed by atoms with E-state index >= 15 is 0 Å². The quantitative estimate of drug-likeness (QED) is 0.846. The molecule has 18 heavy (non-hydrogen) atoms. The highest BCUT2D eigenvalue weighted by molar-refractivity contribution is 6.30. The molecule has 0 bridgehead atoms. The van der Waals surface area contributed by atoms with Crippen LogP contribution in [0.25, 0.3) is 0 Å². The number of hydrogen-bond donors (Lipinski definition) is 1. The van der Waals surface area contributed by atoms with Crippen molar-refractivity contribution in [2.24, 2.45) is 0 Å². The van der Waals surface area contributed by atoms with Crippen molar-refractivity contribution in [3.63, 3.8) is 0 Å². The fraction of sp³-hybridized carbons (Fsp3) is 0.200. The second-order valence-electron chi connectivity index (χ2n) is 4.11. The maximum atomic E-state index is 13.0. The lowest BCUT2D eigenvalue weighted by atomic mass is 10.1. The molecule has 0 amide bonds.